The summed E-state index contributed by atoms with van der Waals surface area (Å²) in [5, 5.41) is 0.820. The van der Waals surface area contributed by atoms with E-state index in [9.17, 15) is 4.79 Å². The van der Waals surface area contributed by atoms with E-state index in [1.54, 1.807) is 0 Å². The molecule has 0 bridgehead atoms. The second-order valence-corrected chi connectivity index (χ2v) is 6.61. The SMILES string of the molecule is O=C(c1cc(Br)ccc1Br)N(CCBr)C1CC1. The summed E-state index contributed by atoms with van der Waals surface area (Å²) >= 11 is 10.2. The van der Waals surface area contributed by atoms with Gasteiger partial charge in [0, 0.05) is 26.9 Å². The smallest absolute Gasteiger partial charge is 0.255 e. The summed E-state index contributed by atoms with van der Waals surface area (Å²) in [7, 11) is 0. The van der Waals surface area contributed by atoms with Gasteiger partial charge in [-0.1, -0.05) is 31.9 Å². The molecular formula is C12H12Br3NO. The maximum atomic E-state index is 12.4. The minimum atomic E-state index is 0.111. The lowest BCUT2D eigenvalue weighted by molar-refractivity contribution is 0.0753. The molecule has 0 atom stereocenters. The highest BCUT2D eigenvalue weighted by atomic mass is 79.9. The lowest BCUT2D eigenvalue weighted by Gasteiger charge is -2.22. The average molecular weight is 426 g/mol. The second-order valence-electron chi connectivity index (χ2n) is 4.04. The fourth-order valence-electron chi connectivity index (χ4n) is 1.74. The Morgan fingerprint density at radius 3 is 2.65 bits per heavy atom. The molecule has 0 N–H and O–H groups in total. The van der Waals surface area contributed by atoms with Gasteiger partial charge >= 0.3 is 0 Å². The minimum absolute atomic E-state index is 0.111. The molecule has 0 aliphatic heterocycles. The van der Waals surface area contributed by atoms with E-state index in [1.165, 1.54) is 0 Å². The number of hydrogen-bond donors (Lipinski definition) is 0. The Labute approximate surface area is 126 Å². The van der Waals surface area contributed by atoms with Gasteiger partial charge in [-0.05, 0) is 47.0 Å². The van der Waals surface area contributed by atoms with E-state index in [2.05, 4.69) is 47.8 Å². The van der Waals surface area contributed by atoms with Crippen LogP contribution in [-0.2, 0) is 0 Å². The third-order valence-electron chi connectivity index (χ3n) is 2.73. The normalized spacial score (nSPS) is 14.8. The lowest BCUT2D eigenvalue weighted by Crippen LogP contribution is -2.34. The predicted molar refractivity (Wildman–Crippen MR) is 79.7 cm³/mol. The summed E-state index contributed by atoms with van der Waals surface area (Å²) in [6.45, 7) is 0.766. The van der Waals surface area contributed by atoms with Crippen LogP contribution in [0.1, 0.15) is 23.2 Å². The number of carbonyl (C=O) groups is 1. The van der Waals surface area contributed by atoms with Gasteiger partial charge in [0.25, 0.3) is 5.91 Å². The van der Waals surface area contributed by atoms with Crippen molar-refractivity contribution in [1.82, 2.24) is 4.90 Å². The fourth-order valence-corrected chi connectivity index (χ4v) is 2.90. The summed E-state index contributed by atoms with van der Waals surface area (Å²) < 4.78 is 1.78. The Kier molecular flexibility index (Phi) is 4.66. The first kappa shape index (κ1) is 13.6. The van der Waals surface area contributed by atoms with Crippen LogP contribution in [0.5, 0.6) is 0 Å². The Balaban J connectivity index is 2.24. The quantitative estimate of drug-likeness (QED) is 0.662. The summed E-state index contributed by atoms with van der Waals surface area (Å²) in [4.78, 5) is 14.4. The van der Waals surface area contributed by atoms with Gasteiger partial charge in [-0.2, -0.15) is 0 Å². The van der Waals surface area contributed by atoms with Crippen LogP contribution in [0.2, 0.25) is 0 Å². The van der Waals surface area contributed by atoms with E-state index in [0.717, 1.165) is 39.2 Å². The first-order chi connectivity index (χ1) is 8.13. The van der Waals surface area contributed by atoms with Crippen molar-refractivity contribution in [3.05, 3.63) is 32.7 Å². The molecular weight excluding hydrogens is 414 g/mol. The Hall–Kier alpha value is 0.130. The highest BCUT2D eigenvalue weighted by Gasteiger charge is 2.33. The molecule has 0 unspecified atom stereocenters. The topological polar surface area (TPSA) is 20.3 Å². The summed E-state index contributed by atoms with van der Waals surface area (Å²) in [6, 6.07) is 6.13. The summed E-state index contributed by atoms with van der Waals surface area (Å²) in [5.74, 6) is 0.111. The van der Waals surface area contributed by atoms with Crippen molar-refractivity contribution in [2.24, 2.45) is 0 Å². The van der Waals surface area contributed by atoms with E-state index in [0.29, 0.717) is 6.04 Å². The molecule has 5 heteroatoms. The van der Waals surface area contributed by atoms with Crippen LogP contribution in [0.4, 0.5) is 0 Å². The average Bonchev–Trinajstić information content (AvgIpc) is 3.12. The van der Waals surface area contributed by atoms with Gasteiger partial charge in [0.05, 0.1) is 5.56 Å². The fraction of sp³-hybridized carbons (Fsp3) is 0.417. The van der Waals surface area contributed by atoms with Crippen molar-refractivity contribution in [2.45, 2.75) is 18.9 Å². The van der Waals surface area contributed by atoms with Gasteiger partial charge in [0.15, 0.2) is 0 Å². The lowest BCUT2D eigenvalue weighted by atomic mass is 10.2. The number of hydrogen-bond acceptors (Lipinski definition) is 1. The molecule has 17 heavy (non-hydrogen) atoms. The van der Waals surface area contributed by atoms with Gasteiger partial charge in [-0.3, -0.25) is 4.79 Å². The molecule has 2 nitrogen and oxygen atoms in total. The van der Waals surface area contributed by atoms with Gasteiger partial charge in [-0.25, -0.2) is 0 Å². The zero-order valence-corrected chi connectivity index (χ0v) is 13.9. The first-order valence-electron chi connectivity index (χ1n) is 5.45. The van der Waals surface area contributed by atoms with E-state index in [1.807, 2.05) is 23.1 Å². The molecule has 0 radical (unpaired) electrons. The maximum Gasteiger partial charge on any atom is 0.255 e. The highest BCUT2D eigenvalue weighted by molar-refractivity contribution is 9.11. The molecule has 1 aliphatic rings. The number of rotatable bonds is 4. The largest absolute Gasteiger partial charge is 0.335 e. The molecule has 1 aromatic rings. The van der Waals surface area contributed by atoms with Gasteiger partial charge in [0.1, 0.15) is 0 Å². The third-order valence-corrected chi connectivity index (χ3v) is 4.27. The highest BCUT2D eigenvalue weighted by Crippen LogP contribution is 2.30. The molecule has 1 amide bonds. The van der Waals surface area contributed by atoms with E-state index in [4.69, 9.17) is 0 Å². The summed E-state index contributed by atoms with van der Waals surface area (Å²) in [6.07, 6.45) is 2.26. The molecule has 1 fully saturated rings. The number of halogens is 3. The molecule has 1 aliphatic carbocycles. The van der Waals surface area contributed by atoms with Crippen LogP contribution in [0.15, 0.2) is 27.1 Å². The Morgan fingerprint density at radius 1 is 1.35 bits per heavy atom. The molecule has 0 aromatic heterocycles. The number of carbonyl (C=O) groups excluding carboxylic acids is 1. The first-order valence-corrected chi connectivity index (χ1v) is 8.16. The second kappa shape index (κ2) is 5.85. The molecule has 1 aromatic carbocycles. The predicted octanol–water partition coefficient (Wildman–Crippen LogP) is 4.21. The van der Waals surface area contributed by atoms with E-state index in [-0.39, 0.29) is 5.91 Å². The maximum absolute atomic E-state index is 12.4. The summed E-state index contributed by atoms with van der Waals surface area (Å²) in [5.41, 5.74) is 0.729. The Bertz CT molecular complexity index is 432. The van der Waals surface area contributed by atoms with Crippen LogP contribution in [-0.4, -0.2) is 28.7 Å². The molecule has 0 saturated heterocycles. The van der Waals surface area contributed by atoms with Crippen molar-refractivity contribution >= 4 is 53.7 Å². The Morgan fingerprint density at radius 2 is 2.06 bits per heavy atom. The van der Waals surface area contributed by atoms with Crippen LogP contribution in [0.3, 0.4) is 0 Å². The minimum Gasteiger partial charge on any atom is -0.335 e. The van der Waals surface area contributed by atoms with Crippen LogP contribution in [0.25, 0.3) is 0 Å². The molecule has 2 rings (SSSR count). The number of amides is 1. The van der Waals surface area contributed by atoms with Crippen molar-refractivity contribution in [2.75, 3.05) is 11.9 Å². The van der Waals surface area contributed by atoms with Gasteiger partial charge in [0.2, 0.25) is 0 Å². The molecule has 0 heterocycles. The number of benzene rings is 1. The van der Waals surface area contributed by atoms with E-state index >= 15 is 0 Å². The van der Waals surface area contributed by atoms with Gasteiger partial charge in [-0.15, -0.1) is 0 Å². The van der Waals surface area contributed by atoms with Crippen LogP contribution >= 0.6 is 47.8 Å². The van der Waals surface area contributed by atoms with Crippen molar-refractivity contribution in [3.63, 3.8) is 0 Å². The monoisotopic (exact) mass is 423 g/mol. The van der Waals surface area contributed by atoms with E-state index < -0.39 is 0 Å². The zero-order valence-electron chi connectivity index (χ0n) is 9.13. The zero-order chi connectivity index (χ0) is 12.4. The standard InChI is InChI=1S/C12H12Br3NO/c13-5-6-16(9-2-3-9)12(17)10-7-8(14)1-4-11(10)15/h1,4,7,9H,2-3,5-6H2. The van der Waals surface area contributed by atoms with Crippen LogP contribution < -0.4 is 0 Å². The molecule has 0 spiro atoms. The van der Waals surface area contributed by atoms with Crippen molar-refractivity contribution in [1.29, 1.82) is 0 Å². The number of nitrogens with zero attached hydrogens (tertiary/aromatic N) is 1. The van der Waals surface area contributed by atoms with Crippen molar-refractivity contribution in [3.8, 4) is 0 Å². The van der Waals surface area contributed by atoms with Crippen LogP contribution in [0, 0.1) is 0 Å². The number of alkyl halides is 1. The van der Waals surface area contributed by atoms with Crippen molar-refractivity contribution < 1.29 is 4.79 Å². The third kappa shape index (κ3) is 3.32. The van der Waals surface area contributed by atoms with Gasteiger partial charge < -0.3 is 4.90 Å². The molecule has 92 valence electrons. The molecule has 1 saturated carbocycles.